The van der Waals surface area contributed by atoms with Crippen LogP contribution in [-0.4, -0.2) is 37.4 Å². The van der Waals surface area contributed by atoms with Crippen LogP contribution in [0.5, 0.6) is 0 Å². The largest absolute Gasteiger partial charge is 0.464 e. The number of hydrogen-bond acceptors (Lipinski definition) is 6. The number of anilines is 1. The van der Waals surface area contributed by atoms with Crippen LogP contribution < -0.4 is 10.4 Å². The summed E-state index contributed by atoms with van der Waals surface area (Å²) < 4.78 is 5.72. The number of nitrogens with one attached hydrogen (secondary N) is 1. The quantitative estimate of drug-likeness (QED) is 0.314. The van der Waals surface area contributed by atoms with E-state index in [0.717, 1.165) is 28.7 Å². The molecule has 2 rings (SSSR count). The topological polar surface area (TPSA) is 81.7 Å². The third-order valence-corrected chi connectivity index (χ3v) is 4.18. The van der Waals surface area contributed by atoms with E-state index in [4.69, 9.17) is 14.5 Å². The summed E-state index contributed by atoms with van der Waals surface area (Å²) in [6.07, 6.45) is 1.83. The lowest BCUT2D eigenvalue weighted by atomic mass is 10.3. The number of urea groups is 1. The number of nitrogens with zero attached hydrogens (tertiary/aromatic N) is 3. The molecule has 8 heteroatoms. The van der Waals surface area contributed by atoms with E-state index in [0.29, 0.717) is 18.0 Å². The van der Waals surface area contributed by atoms with Gasteiger partial charge in [0.15, 0.2) is 6.19 Å². The van der Waals surface area contributed by atoms with Crippen molar-refractivity contribution in [2.45, 2.75) is 12.3 Å². The number of nitriles is 1. The molecule has 138 valence electrons. The van der Waals surface area contributed by atoms with Gasteiger partial charge in [0.1, 0.15) is 11.5 Å². The van der Waals surface area contributed by atoms with Crippen LogP contribution in [0.1, 0.15) is 11.5 Å². The molecule has 0 fully saturated rings. The molecule has 0 saturated heterocycles. The third-order valence-electron chi connectivity index (χ3n) is 3.24. The fourth-order valence-electron chi connectivity index (χ4n) is 2.13. The molecule has 1 aromatic carbocycles. The van der Waals surface area contributed by atoms with Crippen LogP contribution in [0, 0.1) is 11.5 Å². The van der Waals surface area contributed by atoms with Gasteiger partial charge in [-0.05, 0) is 38.4 Å². The number of rotatable bonds is 9. The highest BCUT2D eigenvalue weighted by molar-refractivity contribution is 7.98. The fraction of sp³-hybridized carbons (Fsp3) is 0.333. The summed E-state index contributed by atoms with van der Waals surface area (Å²) in [7, 11) is 3.99. The lowest BCUT2D eigenvalue weighted by Crippen LogP contribution is -2.37. The Hall–Kier alpha value is -2.47. The summed E-state index contributed by atoms with van der Waals surface area (Å²) in [4.78, 5) is 20.1. The van der Waals surface area contributed by atoms with Gasteiger partial charge in [-0.3, -0.25) is 4.84 Å². The Morgan fingerprint density at radius 3 is 2.65 bits per heavy atom. The van der Waals surface area contributed by atoms with Crippen molar-refractivity contribution in [3.63, 3.8) is 0 Å². The number of benzene rings is 1. The molecule has 0 saturated carbocycles. The maximum Gasteiger partial charge on any atom is 0.359 e. The zero-order valence-corrected chi connectivity index (χ0v) is 15.7. The van der Waals surface area contributed by atoms with Gasteiger partial charge >= 0.3 is 6.03 Å². The van der Waals surface area contributed by atoms with Crippen LogP contribution in [0.25, 0.3) is 0 Å². The van der Waals surface area contributed by atoms with Gasteiger partial charge in [0.2, 0.25) is 0 Å². The predicted octanol–water partition coefficient (Wildman–Crippen LogP) is 3.20. The van der Waals surface area contributed by atoms with Crippen molar-refractivity contribution in [2.75, 3.05) is 31.4 Å². The van der Waals surface area contributed by atoms with E-state index in [1.54, 1.807) is 36.0 Å². The first-order valence-electron chi connectivity index (χ1n) is 8.07. The van der Waals surface area contributed by atoms with Crippen LogP contribution in [0.4, 0.5) is 10.5 Å². The van der Waals surface area contributed by atoms with E-state index in [-0.39, 0.29) is 0 Å². The molecule has 0 aliphatic carbocycles. The molecule has 7 nitrogen and oxygen atoms in total. The van der Waals surface area contributed by atoms with E-state index in [2.05, 4.69) is 5.48 Å². The lowest BCUT2D eigenvalue weighted by molar-refractivity contribution is 0.0760. The Balaban J connectivity index is 1.63. The van der Waals surface area contributed by atoms with E-state index in [1.807, 2.05) is 43.4 Å². The first-order chi connectivity index (χ1) is 12.6. The smallest absolute Gasteiger partial charge is 0.359 e. The number of hydroxylamine groups is 1. The Kier molecular flexibility index (Phi) is 8.02. The lowest BCUT2D eigenvalue weighted by Gasteiger charge is -2.14. The summed E-state index contributed by atoms with van der Waals surface area (Å²) in [5, 5.41) is 9.12. The second kappa shape index (κ2) is 10.5. The maximum absolute atomic E-state index is 12.0. The first-order valence-corrected chi connectivity index (χ1v) is 9.22. The summed E-state index contributed by atoms with van der Waals surface area (Å²) >= 11 is 1.64. The summed E-state index contributed by atoms with van der Waals surface area (Å²) in [5.74, 6) is 3.27. The van der Waals surface area contributed by atoms with Crippen molar-refractivity contribution < 1.29 is 14.0 Å². The second-order valence-electron chi connectivity index (χ2n) is 5.69. The molecular formula is C18H22N4O3S. The second-order valence-corrected chi connectivity index (χ2v) is 6.79. The zero-order valence-electron chi connectivity index (χ0n) is 14.8. The average molecular weight is 374 g/mol. The van der Waals surface area contributed by atoms with Gasteiger partial charge in [0, 0.05) is 5.75 Å². The Morgan fingerprint density at radius 2 is 1.96 bits per heavy atom. The van der Waals surface area contributed by atoms with Crippen LogP contribution in [0.15, 0.2) is 46.9 Å². The summed E-state index contributed by atoms with van der Waals surface area (Å²) in [5.41, 5.74) is 2.76. The summed E-state index contributed by atoms with van der Waals surface area (Å²) in [6.45, 7) is 1.10. The highest BCUT2D eigenvalue weighted by Gasteiger charge is 2.14. The van der Waals surface area contributed by atoms with Crippen LogP contribution in [0.2, 0.25) is 0 Å². The van der Waals surface area contributed by atoms with E-state index in [9.17, 15) is 4.79 Å². The first kappa shape index (κ1) is 19.8. The van der Waals surface area contributed by atoms with Gasteiger partial charge in [0.05, 0.1) is 24.6 Å². The van der Waals surface area contributed by atoms with Gasteiger partial charge in [-0.2, -0.15) is 21.9 Å². The van der Waals surface area contributed by atoms with Crippen molar-refractivity contribution in [2.24, 2.45) is 0 Å². The molecule has 0 aliphatic rings. The third kappa shape index (κ3) is 6.44. The van der Waals surface area contributed by atoms with Gasteiger partial charge in [-0.15, -0.1) is 0 Å². The minimum Gasteiger partial charge on any atom is -0.464 e. The van der Waals surface area contributed by atoms with E-state index >= 15 is 0 Å². The normalized spacial score (nSPS) is 10.5. The Morgan fingerprint density at radius 1 is 1.23 bits per heavy atom. The number of hydrogen-bond donors (Lipinski definition) is 1. The molecule has 1 heterocycles. The number of carbonyl (C=O) groups excluding carboxylic acids is 1. The molecule has 0 unspecified atom stereocenters. The fourth-order valence-corrected chi connectivity index (χ4v) is 2.83. The van der Waals surface area contributed by atoms with Crippen molar-refractivity contribution in [1.82, 2.24) is 10.4 Å². The molecule has 0 spiro atoms. The standard InChI is InChI=1S/C18H22N4O3S/c1-21(2)12-16-8-9-17(25-16)13-26-11-10-24-20-18(23)22(14-19)15-6-4-3-5-7-15/h3-9H,10-13H2,1-2H3,(H,20,23). The van der Waals surface area contributed by atoms with Crippen molar-refractivity contribution in [3.05, 3.63) is 54.0 Å². The van der Waals surface area contributed by atoms with E-state index in [1.165, 1.54) is 0 Å². The number of thioether (sulfide) groups is 1. The zero-order chi connectivity index (χ0) is 18.8. The number of para-hydroxylation sites is 1. The predicted molar refractivity (Wildman–Crippen MR) is 101 cm³/mol. The maximum atomic E-state index is 12.0. The average Bonchev–Trinajstić information content (AvgIpc) is 3.06. The van der Waals surface area contributed by atoms with Gasteiger partial charge in [0.25, 0.3) is 0 Å². The number of furan rings is 1. The molecule has 0 radical (unpaired) electrons. The van der Waals surface area contributed by atoms with Gasteiger partial charge in [-0.1, -0.05) is 18.2 Å². The van der Waals surface area contributed by atoms with Gasteiger partial charge < -0.3 is 9.32 Å². The monoisotopic (exact) mass is 374 g/mol. The number of amides is 2. The van der Waals surface area contributed by atoms with Crippen molar-refractivity contribution >= 4 is 23.5 Å². The number of carbonyl (C=O) groups is 1. The molecule has 1 N–H and O–H groups in total. The van der Waals surface area contributed by atoms with Crippen LogP contribution in [0.3, 0.4) is 0 Å². The molecule has 1 aromatic heterocycles. The minimum absolute atomic E-state index is 0.329. The Bertz CT molecular complexity index is 728. The molecule has 2 aromatic rings. The van der Waals surface area contributed by atoms with Crippen LogP contribution >= 0.6 is 11.8 Å². The van der Waals surface area contributed by atoms with Crippen LogP contribution in [-0.2, 0) is 17.1 Å². The molecule has 2 amide bonds. The summed E-state index contributed by atoms with van der Waals surface area (Å²) in [6, 6.07) is 12.0. The highest BCUT2D eigenvalue weighted by atomic mass is 32.2. The SMILES string of the molecule is CN(C)Cc1ccc(CSCCONC(=O)N(C#N)c2ccccc2)o1. The molecule has 26 heavy (non-hydrogen) atoms. The van der Waals surface area contributed by atoms with Gasteiger partial charge in [-0.25, -0.2) is 10.3 Å². The molecule has 0 bridgehead atoms. The van der Waals surface area contributed by atoms with Crippen molar-refractivity contribution in [1.29, 1.82) is 5.26 Å². The molecule has 0 aliphatic heterocycles. The Labute approximate surface area is 157 Å². The van der Waals surface area contributed by atoms with Crippen molar-refractivity contribution in [3.8, 4) is 6.19 Å². The highest BCUT2D eigenvalue weighted by Crippen LogP contribution is 2.16. The minimum atomic E-state index is -0.622. The molecular weight excluding hydrogens is 352 g/mol. The van der Waals surface area contributed by atoms with E-state index < -0.39 is 6.03 Å². The molecule has 0 atom stereocenters.